The molecule has 0 aliphatic carbocycles. The van der Waals surface area contributed by atoms with Crippen molar-refractivity contribution in [2.24, 2.45) is 0 Å². The molecule has 0 aromatic heterocycles. The van der Waals surface area contributed by atoms with Gasteiger partial charge in [0.15, 0.2) is 0 Å². The summed E-state index contributed by atoms with van der Waals surface area (Å²) < 4.78 is 0. The molecular weight excluding hydrogens is 400 g/mol. The van der Waals surface area contributed by atoms with Crippen molar-refractivity contribution in [3.05, 3.63) is 96.1 Å². The quantitative estimate of drug-likeness (QED) is 0.215. The Balaban J connectivity index is 1.68. The molecule has 0 amide bonds. The van der Waals surface area contributed by atoms with Crippen LogP contribution in [0.1, 0.15) is 41.6 Å². The molecule has 4 aromatic carbocycles. The first kappa shape index (κ1) is 21.3. The van der Waals surface area contributed by atoms with E-state index in [1.807, 2.05) is 67.6 Å². The van der Waals surface area contributed by atoms with Gasteiger partial charge < -0.3 is 0 Å². The van der Waals surface area contributed by atoms with E-state index in [2.05, 4.69) is 0 Å². The standard InChI is InChI=1S/C28H22O4/c1-2-9-23(22-16-7-12-18-10-3-5-14-20(18)22)25(29)27(31)28(32)26(30)24-17-8-13-19-11-4-6-15-21(19)24/h3-8,10-17,23H,2,9H2,1H3. The molecule has 158 valence electrons. The molecule has 0 saturated carbocycles. The molecule has 4 aromatic rings. The zero-order valence-corrected chi connectivity index (χ0v) is 17.7. The summed E-state index contributed by atoms with van der Waals surface area (Å²) in [5, 5.41) is 3.17. The van der Waals surface area contributed by atoms with Crippen LogP contribution in [0.2, 0.25) is 0 Å². The second kappa shape index (κ2) is 9.06. The number of hydrogen-bond donors (Lipinski definition) is 0. The molecular formula is C28H22O4. The van der Waals surface area contributed by atoms with Gasteiger partial charge in [0.1, 0.15) is 0 Å². The van der Waals surface area contributed by atoms with E-state index >= 15 is 0 Å². The molecule has 4 nitrogen and oxygen atoms in total. The van der Waals surface area contributed by atoms with Crippen LogP contribution >= 0.6 is 0 Å². The maximum Gasteiger partial charge on any atom is 0.277 e. The summed E-state index contributed by atoms with van der Waals surface area (Å²) in [6.07, 6.45) is 1.06. The molecule has 0 radical (unpaired) electrons. The lowest BCUT2D eigenvalue weighted by Gasteiger charge is -2.17. The minimum absolute atomic E-state index is 0.131. The van der Waals surface area contributed by atoms with Gasteiger partial charge in [-0.05, 0) is 33.5 Å². The van der Waals surface area contributed by atoms with E-state index in [1.54, 1.807) is 18.2 Å². The maximum atomic E-state index is 13.2. The molecule has 1 unspecified atom stereocenters. The van der Waals surface area contributed by atoms with Crippen LogP contribution in [-0.4, -0.2) is 23.1 Å². The van der Waals surface area contributed by atoms with Gasteiger partial charge in [-0.1, -0.05) is 98.3 Å². The van der Waals surface area contributed by atoms with Gasteiger partial charge in [-0.15, -0.1) is 0 Å². The Morgan fingerprint density at radius 1 is 0.656 bits per heavy atom. The molecule has 0 saturated heterocycles. The first-order valence-corrected chi connectivity index (χ1v) is 10.7. The average Bonchev–Trinajstić information content (AvgIpc) is 2.85. The number of carbonyl (C=O) groups is 4. The SMILES string of the molecule is CCCC(C(=O)C(=O)C(=O)C(=O)c1cccc2ccccc12)c1cccc2ccccc12. The highest BCUT2D eigenvalue weighted by Gasteiger charge is 2.35. The lowest BCUT2D eigenvalue weighted by atomic mass is 9.84. The Morgan fingerprint density at radius 2 is 1.22 bits per heavy atom. The molecule has 0 heterocycles. The van der Waals surface area contributed by atoms with Gasteiger partial charge in [-0.2, -0.15) is 0 Å². The summed E-state index contributed by atoms with van der Waals surface area (Å²) in [5.41, 5.74) is 0.833. The summed E-state index contributed by atoms with van der Waals surface area (Å²) in [5.74, 6) is -5.10. The number of hydrogen-bond acceptors (Lipinski definition) is 4. The van der Waals surface area contributed by atoms with Crippen molar-refractivity contribution >= 4 is 44.7 Å². The Bertz CT molecular complexity index is 1360. The first-order chi connectivity index (χ1) is 15.5. The Morgan fingerprint density at radius 3 is 1.91 bits per heavy atom. The van der Waals surface area contributed by atoms with Crippen LogP contribution in [0.4, 0.5) is 0 Å². The highest BCUT2D eigenvalue weighted by atomic mass is 16.2. The highest BCUT2D eigenvalue weighted by molar-refractivity contribution is 6.80. The van der Waals surface area contributed by atoms with E-state index < -0.39 is 29.1 Å². The van der Waals surface area contributed by atoms with Crippen LogP contribution in [-0.2, 0) is 14.4 Å². The van der Waals surface area contributed by atoms with Gasteiger partial charge in [0.05, 0.1) is 5.92 Å². The maximum absolute atomic E-state index is 13.2. The number of benzene rings is 4. The van der Waals surface area contributed by atoms with Crippen molar-refractivity contribution in [1.29, 1.82) is 0 Å². The zero-order valence-electron chi connectivity index (χ0n) is 17.7. The zero-order chi connectivity index (χ0) is 22.7. The Labute approximate surface area is 185 Å². The van der Waals surface area contributed by atoms with Crippen molar-refractivity contribution in [2.45, 2.75) is 25.7 Å². The highest BCUT2D eigenvalue weighted by Crippen LogP contribution is 2.30. The minimum Gasteiger partial charge on any atom is -0.290 e. The number of rotatable bonds is 8. The van der Waals surface area contributed by atoms with Crippen molar-refractivity contribution < 1.29 is 19.2 Å². The molecule has 4 rings (SSSR count). The number of carbonyl (C=O) groups excluding carboxylic acids is 4. The van der Waals surface area contributed by atoms with Gasteiger partial charge in [-0.25, -0.2) is 0 Å². The van der Waals surface area contributed by atoms with Crippen molar-refractivity contribution in [1.82, 2.24) is 0 Å². The van der Waals surface area contributed by atoms with Crippen LogP contribution in [0.3, 0.4) is 0 Å². The normalized spacial score (nSPS) is 11.9. The Kier molecular flexibility index (Phi) is 6.04. The molecule has 4 heteroatoms. The summed E-state index contributed by atoms with van der Waals surface area (Å²) >= 11 is 0. The van der Waals surface area contributed by atoms with Crippen LogP contribution in [0.25, 0.3) is 21.5 Å². The van der Waals surface area contributed by atoms with Crippen molar-refractivity contribution in [3.8, 4) is 0 Å². The molecule has 0 N–H and O–H groups in total. The number of fused-ring (bicyclic) bond motifs is 2. The van der Waals surface area contributed by atoms with Crippen molar-refractivity contribution in [3.63, 3.8) is 0 Å². The topological polar surface area (TPSA) is 68.3 Å². The first-order valence-electron chi connectivity index (χ1n) is 10.7. The van der Waals surface area contributed by atoms with Crippen LogP contribution in [0.15, 0.2) is 84.9 Å². The van der Waals surface area contributed by atoms with E-state index in [9.17, 15) is 19.2 Å². The molecule has 1 atom stereocenters. The smallest absolute Gasteiger partial charge is 0.277 e. The van der Waals surface area contributed by atoms with E-state index in [-0.39, 0.29) is 5.56 Å². The lowest BCUT2D eigenvalue weighted by Crippen LogP contribution is -2.34. The molecule has 0 spiro atoms. The third-order valence-electron chi connectivity index (χ3n) is 5.76. The number of Topliss-reactive ketones (excluding diaryl/α,β-unsaturated/α-hetero) is 4. The predicted octanol–water partition coefficient (Wildman–Crippen LogP) is 5.47. The van der Waals surface area contributed by atoms with Crippen molar-refractivity contribution in [2.75, 3.05) is 0 Å². The van der Waals surface area contributed by atoms with E-state index in [0.717, 1.165) is 16.2 Å². The lowest BCUT2D eigenvalue weighted by molar-refractivity contribution is -0.143. The third kappa shape index (κ3) is 3.87. The average molecular weight is 422 g/mol. The Hall–Kier alpha value is -3.92. The summed E-state index contributed by atoms with van der Waals surface area (Å²) in [4.78, 5) is 51.8. The van der Waals surface area contributed by atoms with Crippen LogP contribution in [0, 0.1) is 0 Å². The third-order valence-corrected chi connectivity index (χ3v) is 5.76. The molecule has 32 heavy (non-hydrogen) atoms. The van der Waals surface area contributed by atoms with E-state index in [0.29, 0.717) is 23.8 Å². The molecule has 0 fully saturated rings. The molecule has 0 aliphatic heterocycles. The van der Waals surface area contributed by atoms with Gasteiger partial charge in [-0.3, -0.25) is 19.2 Å². The number of ketones is 4. The largest absolute Gasteiger partial charge is 0.290 e. The predicted molar refractivity (Wildman–Crippen MR) is 125 cm³/mol. The fourth-order valence-corrected chi connectivity index (χ4v) is 4.19. The summed E-state index contributed by atoms with van der Waals surface area (Å²) in [7, 11) is 0. The minimum atomic E-state index is -1.28. The summed E-state index contributed by atoms with van der Waals surface area (Å²) in [6.45, 7) is 1.92. The second-order valence-electron chi connectivity index (χ2n) is 7.79. The van der Waals surface area contributed by atoms with Crippen LogP contribution in [0.5, 0.6) is 0 Å². The van der Waals surface area contributed by atoms with Gasteiger partial charge in [0.2, 0.25) is 11.6 Å². The van der Waals surface area contributed by atoms with Gasteiger partial charge >= 0.3 is 0 Å². The van der Waals surface area contributed by atoms with E-state index in [4.69, 9.17) is 0 Å². The second-order valence-corrected chi connectivity index (χ2v) is 7.79. The summed E-state index contributed by atoms with van der Waals surface area (Å²) in [6, 6.07) is 25.3. The van der Waals surface area contributed by atoms with E-state index in [1.165, 1.54) is 6.07 Å². The fraction of sp³-hybridized carbons (Fsp3) is 0.143. The fourth-order valence-electron chi connectivity index (χ4n) is 4.19. The van der Waals surface area contributed by atoms with Crippen LogP contribution < -0.4 is 0 Å². The monoisotopic (exact) mass is 422 g/mol. The molecule has 0 aliphatic rings. The van der Waals surface area contributed by atoms with Gasteiger partial charge in [0, 0.05) is 5.56 Å². The molecule has 0 bridgehead atoms. The van der Waals surface area contributed by atoms with Gasteiger partial charge in [0.25, 0.3) is 11.6 Å².